The summed E-state index contributed by atoms with van der Waals surface area (Å²) >= 11 is 0. The third-order valence-corrected chi connectivity index (χ3v) is 3.51. The van der Waals surface area contributed by atoms with Crippen LogP contribution in [0.1, 0.15) is 18.1 Å². The number of rotatable bonds is 4. The van der Waals surface area contributed by atoms with E-state index in [-0.39, 0.29) is 18.1 Å². The molecule has 19 heavy (non-hydrogen) atoms. The zero-order valence-corrected chi connectivity index (χ0v) is 12.1. The van der Waals surface area contributed by atoms with E-state index < -0.39 is 0 Å². The highest BCUT2D eigenvalue weighted by Crippen LogP contribution is 2.19. The molecule has 1 aliphatic rings. The van der Waals surface area contributed by atoms with E-state index in [9.17, 15) is 4.79 Å². The van der Waals surface area contributed by atoms with Crippen molar-refractivity contribution in [2.75, 3.05) is 31.6 Å². The molecule has 0 saturated carbocycles. The zero-order valence-electron chi connectivity index (χ0n) is 12.1. The molecule has 1 heterocycles. The van der Waals surface area contributed by atoms with Gasteiger partial charge in [-0.3, -0.25) is 4.79 Å². The summed E-state index contributed by atoms with van der Waals surface area (Å²) in [6.07, 6.45) is 0. The molecule has 1 N–H and O–H groups in total. The molecule has 1 aromatic carbocycles. The van der Waals surface area contributed by atoms with Crippen molar-refractivity contribution < 1.29 is 9.53 Å². The van der Waals surface area contributed by atoms with Crippen LogP contribution in [-0.4, -0.2) is 38.3 Å². The Balaban J connectivity index is 1.98. The Hall–Kier alpha value is -1.39. The normalized spacial score (nSPS) is 16.8. The number of carbonyl (C=O) groups excluding carboxylic acids is 1. The number of hydrogen-bond donors (Lipinski definition) is 1. The first-order valence-corrected chi connectivity index (χ1v) is 6.59. The summed E-state index contributed by atoms with van der Waals surface area (Å²) in [7, 11) is 1.79. The lowest BCUT2D eigenvalue weighted by molar-refractivity contribution is -0.133. The number of ether oxygens (including phenoxy) is 1. The van der Waals surface area contributed by atoms with Crippen molar-refractivity contribution in [1.29, 1.82) is 0 Å². The van der Waals surface area contributed by atoms with Crippen molar-refractivity contribution in [3.63, 3.8) is 0 Å². The molecule has 1 saturated heterocycles. The van der Waals surface area contributed by atoms with Gasteiger partial charge in [0.05, 0.1) is 5.60 Å². The highest BCUT2D eigenvalue weighted by atomic mass is 16.5. The van der Waals surface area contributed by atoms with Gasteiger partial charge in [0, 0.05) is 25.8 Å². The van der Waals surface area contributed by atoms with Crippen LogP contribution in [0.25, 0.3) is 0 Å². The first-order chi connectivity index (χ1) is 8.89. The van der Waals surface area contributed by atoms with Gasteiger partial charge < -0.3 is 15.0 Å². The molecule has 0 atom stereocenters. The third-order valence-electron chi connectivity index (χ3n) is 3.51. The van der Waals surface area contributed by atoms with Gasteiger partial charge in [-0.25, -0.2) is 0 Å². The fourth-order valence-electron chi connectivity index (χ4n) is 2.20. The van der Waals surface area contributed by atoms with Crippen molar-refractivity contribution >= 4 is 11.6 Å². The lowest BCUT2D eigenvalue weighted by atomic mass is 10.0. The van der Waals surface area contributed by atoms with Crippen LogP contribution >= 0.6 is 0 Å². The lowest BCUT2D eigenvalue weighted by Gasteiger charge is -2.39. The van der Waals surface area contributed by atoms with Crippen LogP contribution in [0.3, 0.4) is 0 Å². The number of likely N-dealkylation sites (N-methyl/N-ethyl adjacent to an activating group) is 1. The number of nitrogens with zero attached hydrogens (tertiary/aromatic N) is 1. The van der Waals surface area contributed by atoms with E-state index in [1.54, 1.807) is 11.9 Å². The minimum Gasteiger partial charge on any atom is -0.363 e. The summed E-state index contributed by atoms with van der Waals surface area (Å²) in [5, 5.41) is 3.15. The van der Waals surface area contributed by atoms with E-state index in [1.165, 1.54) is 0 Å². The molecular weight excluding hydrogens is 240 g/mol. The molecule has 2 rings (SSSR count). The van der Waals surface area contributed by atoms with Gasteiger partial charge in [0.25, 0.3) is 5.91 Å². The Labute approximate surface area is 114 Å². The first-order valence-electron chi connectivity index (χ1n) is 6.59. The van der Waals surface area contributed by atoms with Crippen LogP contribution in [0, 0.1) is 13.8 Å². The smallest absolute Gasteiger partial charge is 0.252 e. The quantitative estimate of drug-likeness (QED) is 0.897. The minimum atomic E-state index is -0.182. The second kappa shape index (κ2) is 5.31. The van der Waals surface area contributed by atoms with Gasteiger partial charge in [-0.2, -0.15) is 0 Å². The molecule has 0 aromatic heterocycles. The van der Waals surface area contributed by atoms with E-state index in [0.29, 0.717) is 0 Å². The summed E-state index contributed by atoms with van der Waals surface area (Å²) in [4.78, 5) is 13.8. The summed E-state index contributed by atoms with van der Waals surface area (Å²) in [6, 6.07) is 6.12. The Bertz CT molecular complexity index is 461. The molecule has 1 amide bonds. The molecule has 0 radical (unpaired) electrons. The number of benzene rings is 1. The predicted molar refractivity (Wildman–Crippen MR) is 76.6 cm³/mol. The average molecular weight is 262 g/mol. The Morgan fingerprint density at radius 3 is 2.37 bits per heavy atom. The van der Waals surface area contributed by atoms with Gasteiger partial charge in [-0.1, -0.05) is 6.07 Å². The lowest BCUT2D eigenvalue weighted by Crippen LogP contribution is -2.59. The van der Waals surface area contributed by atoms with Gasteiger partial charge in [-0.15, -0.1) is 0 Å². The fraction of sp³-hybridized carbons (Fsp3) is 0.533. The number of amides is 1. The van der Waals surface area contributed by atoms with Crippen LogP contribution in [-0.2, 0) is 9.53 Å². The van der Waals surface area contributed by atoms with E-state index in [1.807, 2.05) is 32.9 Å². The standard InChI is InChI=1S/C15H22N2O2/c1-11-5-12(2)7-13(6-11)17(4)14(18)8-19-15(3)9-16-10-15/h5-7,16H,8-10H2,1-4H3. The Morgan fingerprint density at radius 1 is 1.32 bits per heavy atom. The zero-order chi connectivity index (χ0) is 14.0. The summed E-state index contributed by atoms with van der Waals surface area (Å²) < 4.78 is 5.68. The van der Waals surface area contributed by atoms with Gasteiger partial charge in [0.2, 0.25) is 0 Å². The largest absolute Gasteiger partial charge is 0.363 e. The van der Waals surface area contributed by atoms with Crippen molar-refractivity contribution in [3.8, 4) is 0 Å². The molecule has 4 nitrogen and oxygen atoms in total. The molecule has 1 aromatic rings. The number of aryl methyl sites for hydroxylation is 2. The maximum absolute atomic E-state index is 12.1. The third kappa shape index (κ3) is 3.33. The van der Waals surface area contributed by atoms with Crippen LogP contribution in [0.15, 0.2) is 18.2 Å². The summed E-state index contributed by atoms with van der Waals surface area (Å²) in [5.74, 6) is -0.0156. The Kier molecular flexibility index (Phi) is 3.92. The molecule has 1 aliphatic heterocycles. The van der Waals surface area contributed by atoms with Crippen LogP contribution < -0.4 is 10.2 Å². The van der Waals surface area contributed by atoms with Crippen molar-refractivity contribution in [2.45, 2.75) is 26.4 Å². The maximum atomic E-state index is 12.1. The summed E-state index contributed by atoms with van der Waals surface area (Å²) in [6.45, 7) is 7.84. The van der Waals surface area contributed by atoms with E-state index >= 15 is 0 Å². The van der Waals surface area contributed by atoms with E-state index in [4.69, 9.17) is 4.74 Å². The molecule has 0 bridgehead atoms. The molecule has 0 aliphatic carbocycles. The molecule has 0 spiro atoms. The molecule has 0 unspecified atom stereocenters. The second-order valence-corrected chi connectivity index (χ2v) is 5.64. The fourth-order valence-corrected chi connectivity index (χ4v) is 2.20. The van der Waals surface area contributed by atoms with Gasteiger partial charge in [0.15, 0.2) is 0 Å². The highest BCUT2D eigenvalue weighted by Gasteiger charge is 2.33. The van der Waals surface area contributed by atoms with E-state index in [0.717, 1.165) is 29.9 Å². The average Bonchev–Trinajstić information content (AvgIpc) is 2.31. The molecule has 104 valence electrons. The first kappa shape index (κ1) is 14.0. The molecular formula is C15H22N2O2. The van der Waals surface area contributed by atoms with Crippen LogP contribution in [0.4, 0.5) is 5.69 Å². The number of nitrogens with one attached hydrogen (secondary N) is 1. The van der Waals surface area contributed by atoms with Crippen molar-refractivity contribution in [2.24, 2.45) is 0 Å². The van der Waals surface area contributed by atoms with Gasteiger partial charge in [-0.05, 0) is 44.0 Å². The number of hydrogen-bond acceptors (Lipinski definition) is 3. The van der Waals surface area contributed by atoms with Crippen LogP contribution in [0.5, 0.6) is 0 Å². The monoisotopic (exact) mass is 262 g/mol. The molecule has 4 heteroatoms. The number of carbonyl (C=O) groups is 1. The van der Waals surface area contributed by atoms with Gasteiger partial charge >= 0.3 is 0 Å². The Morgan fingerprint density at radius 2 is 1.89 bits per heavy atom. The predicted octanol–water partition coefficient (Wildman–Crippen LogP) is 1.64. The topological polar surface area (TPSA) is 41.6 Å². The maximum Gasteiger partial charge on any atom is 0.252 e. The SMILES string of the molecule is Cc1cc(C)cc(N(C)C(=O)COC2(C)CNC2)c1. The number of anilines is 1. The molecule has 1 fully saturated rings. The second-order valence-electron chi connectivity index (χ2n) is 5.64. The van der Waals surface area contributed by atoms with Crippen LogP contribution in [0.2, 0.25) is 0 Å². The highest BCUT2D eigenvalue weighted by molar-refractivity contribution is 5.93. The van der Waals surface area contributed by atoms with E-state index in [2.05, 4.69) is 11.4 Å². The van der Waals surface area contributed by atoms with Crippen molar-refractivity contribution in [1.82, 2.24) is 5.32 Å². The van der Waals surface area contributed by atoms with Crippen molar-refractivity contribution in [3.05, 3.63) is 29.3 Å². The summed E-state index contributed by atoms with van der Waals surface area (Å²) in [5.41, 5.74) is 3.05. The minimum absolute atomic E-state index is 0.0156. The van der Waals surface area contributed by atoms with Gasteiger partial charge in [0.1, 0.15) is 6.61 Å².